The number of anilines is 1. The van der Waals surface area contributed by atoms with Crippen molar-refractivity contribution in [1.29, 1.82) is 0 Å². The summed E-state index contributed by atoms with van der Waals surface area (Å²) in [6, 6.07) is 0.0484. The molecule has 2 aromatic rings. The van der Waals surface area contributed by atoms with Crippen molar-refractivity contribution < 1.29 is 14.0 Å². The molecule has 10 heteroatoms. The molecule has 0 aliphatic heterocycles. The first-order chi connectivity index (χ1) is 12.9. The molecule has 2 aromatic heterocycles. The van der Waals surface area contributed by atoms with Gasteiger partial charge in [-0.3, -0.25) is 14.5 Å². The van der Waals surface area contributed by atoms with Crippen LogP contribution in [0.4, 0.5) is 5.00 Å². The highest BCUT2D eigenvalue weighted by Crippen LogP contribution is 2.39. The third-order valence-corrected chi connectivity index (χ3v) is 6.49. The third-order valence-electron chi connectivity index (χ3n) is 4.46. The summed E-state index contributed by atoms with van der Waals surface area (Å²) in [5.41, 5.74) is 6.97. The number of rotatable bonds is 8. The Kier molecular flexibility index (Phi) is 6.18. The van der Waals surface area contributed by atoms with Crippen LogP contribution in [0.15, 0.2) is 9.64 Å². The number of primary amides is 1. The molecule has 0 radical (unpaired) electrons. The maximum absolute atomic E-state index is 12.3. The number of aromatic nitrogens is 2. The Balaban J connectivity index is 1.61. The fourth-order valence-electron chi connectivity index (χ4n) is 3.22. The van der Waals surface area contributed by atoms with Gasteiger partial charge in [0.05, 0.1) is 17.4 Å². The van der Waals surface area contributed by atoms with Gasteiger partial charge in [0.25, 0.3) is 11.1 Å². The molecule has 3 rings (SSSR count). The lowest BCUT2D eigenvalue weighted by atomic mass is 10.1. The lowest BCUT2D eigenvalue weighted by Crippen LogP contribution is -2.19. The zero-order valence-corrected chi connectivity index (χ0v) is 17.2. The second-order valence-corrected chi connectivity index (χ2v) is 8.59. The summed E-state index contributed by atoms with van der Waals surface area (Å²) < 4.78 is 5.66. The summed E-state index contributed by atoms with van der Waals surface area (Å²) in [5, 5.41) is 11.8. The van der Waals surface area contributed by atoms with Crippen LogP contribution in [-0.2, 0) is 17.6 Å². The smallest absolute Gasteiger partial charge is 0.277 e. The summed E-state index contributed by atoms with van der Waals surface area (Å²) in [6.45, 7) is 2.05. The first kappa shape index (κ1) is 19.8. The van der Waals surface area contributed by atoms with Crippen LogP contribution >= 0.6 is 23.1 Å². The van der Waals surface area contributed by atoms with Crippen LogP contribution in [0.1, 0.15) is 52.5 Å². The van der Waals surface area contributed by atoms with Crippen molar-refractivity contribution >= 4 is 39.9 Å². The number of hydrogen-bond donors (Lipinski definition) is 2. The fraction of sp³-hybridized carbons (Fsp3) is 0.529. The number of aryl methyl sites for hydroxylation is 1. The van der Waals surface area contributed by atoms with E-state index in [1.807, 2.05) is 25.9 Å². The van der Waals surface area contributed by atoms with E-state index >= 15 is 0 Å². The summed E-state index contributed by atoms with van der Waals surface area (Å²) in [5.74, 6) is -0.0765. The Morgan fingerprint density at radius 1 is 1.37 bits per heavy atom. The molecule has 1 atom stereocenters. The Morgan fingerprint density at radius 2 is 2.15 bits per heavy atom. The van der Waals surface area contributed by atoms with Crippen LogP contribution in [-0.4, -0.2) is 46.8 Å². The van der Waals surface area contributed by atoms with Gasteiger partial charge in [-0.25, -0.2) is 0 Å². The summed E-state index contributed by atoms with van der Waals surface area (Å²) in [6.07, 6.45) is 3.64. The Morgan fingerprint density at radius 3 is 2.81 bits per heavy atom. The quantitative estimate of drug-likeness (QED) is 0.644. The number of hydrogen-bond acceptors (Lipinski definition) is 8. The second kappa shape index (κ2) is 8.41. The van der Waals surface area contributed by atoms with E-state index in [9.17, 15) is 9.59 Å². The number of fused-ring (bicyclic) bond motifs is 1. The van der Waals surface area contributed by atoms with Crippen LogP contribution in [0.3, 0.4) is 0 Å². The molecule has 3 N–H and O–H groups in total. The lowest BCUT2D eigenvalue weighted by Gasteiger charge is -2.18. The summed E-state index contributed by atoms with van der Waals surface area (Å²) in [7, 11) is 3.90. The van der Waals surface area contributed by atoms with Gasteiger partial charge in [-0.05, 0) is 45.3 Å². The van der Waals surface area contributed by atoms with E-state index in [4.69, 9.17) is 10.2 Å². The summed E-state index contributed by atoms with van der Waals surface area (Å²) >= 11 is 2.61. The fourth-order valence-corrected chi connectivity index (χ4v) is 5.10. The third kappa shape index (κ3) is 4.33. The number of nitrogens with one attached hydrogen (secondary N) is 1. The number of thiophene rings is 1. The monoisotopic (exact) mass is 409 g/mol. The average molecular weight is 410 g/mol. The highest BCUT2D eigenvalue weighted by atomic mass is 32.2. The van der Waals surface area contributed by atoms with Crippen molar-refractivity contribution in [2.75, 3.05) is 25.2 Å². The molecular weight excluding hydrogens is 386 g/mol. The molecule has 1 aliphatic carbocycles. The minimum Gasteiger partial charge on any atom is -0.414 e. The van der Waals surface area contributed by atoms with Gasteiger partial charge in [-0.2, -0.15) is 0 Å². The molecular formula is C17H23N5O3S2. The van der Waals surface area contributed by atoms with Crippen molar-refractivity contribution in [3.05, 3.63) is 21.9 Å². The Bertz CT molecular complexity index is 846. The zero-order chi connectivity index (χ0) is 19.6. The number of thioether (sulfide) groups is 1. The normalized spacial score (nSPS) is 14.4. The maximum Gasteiger partial charge on any atom is 0.277 e. The van der Waals surface area contributed by atoms with Crippen molar-refractivity contribution in [2.45, 2.75) is 43.9 Å². The Hall–Kier alpha value is -1.91. The highest BCUT2D eigenvalue weighted by Gasteiger charge is 2.26. The SMILES string of the molecule is CC[C@H](c1nnc(SCC(=O)Nc2sc3c(c2C(N)=O)CCC3)o1)N(C)C. The molecule has 146 valence electrons. The van der Waals surface area contributed by atoms with Gasteiger partial charge >= 0.3 is 0 Å². The maximum atomic E-state index is 12.3. The second-order valence-electron chi connectivity index (χ2n) is 6.56. The largest absolute Gasteiger partial charge is 0.414 e. The number of amides is 2. The number of nitrogens with zero attached hydrogens (tertiary/aromatic N) is 3. The molecule has 2 heterocycles. The van der Waals surface area contributed by atoms with Crippen LogP contribution in [0.25, 0.3) is 0 Å². The number of nitrogens with two attached hydrogens (primary N) is 1. The average Bonchev–Trinajstić information content (AvgIpc) is 3.28. The Labute approximate surface area is 165 Å². The van der Waals surface area contributed by atoms with Crippen LogP contribution in [0.2, 0.25) is 0 Å². The lowest BCUT2D eigenvalue weighted by molar-refractivity contribution is -0.113. The highest BCUT2D eigenvalue weighted by molar-refractivity contribution is 7.99. The summed E-state index contributed by atoms with van der Waals surface area (Å²) in [4.78, 5) is 27.3. The van der Waals surface area contributed by atoms with Crippen LogP contribution in [0, 0.1) is 0 Å². The van der Waals surface area contributed by atoms with Crippen LogP contribution < -0.4 is 11.1 Å². The molecule has 0 bridgehead atoms. The molecule has 27 heavy (non-hydrogen) atoms. The van der Waals surface area contributed by atoms with E-state index in [0.717, 1.165) is 36.1 Å². The van der Waals surface area contributed by atoms with Crippen molar-refractivity contribution in [3.63, 3.8) is 0 Å². The van der Waals surface area contributed by atoms with E-state index in [1.165, 1.54) is 23.1 Å². The molecule has 0 aromatic carbocycles. The van der Waals surface area contributed by atoms with E-state index in [1.54, 1.807) is 0 Å². The number of carbonyl (C=O) groups excluding carboxylic acids is 2. The van der Waals surface area contributed by atoms with Gasteiger partial charge in [-0.1, -0.05) is 18.7 Å². The molecule has 0 saturated heterocycles. The van der Waals surface area contributed by atoms with E-state index in [2.05, 4.69) is 15.5 Å². The van der Waals surface area contributed by atoms with Crippen LogP contribution in [0.5, 0.6) is 0 Å². The molecule has 0 spiro atoms. The van der Waals surface area contributed by atoms with Crippen molar-refractivity contribution in [1.82, 2.24) is 15.1 Å². The first-order valence-corrected chi connectivity index (χ1v) is 10.6. The standard InChI is InChI=1S/C17H23N5O3S2/c1-4-10(22(2)3)15-20-21-17(25-15)26-8-12(23)19-16-13(14(18)24)9-6-5-7-11(9)27-16/h10H,4-8H2,1-3H3,(H2,18,24)(H,19,23)/t10-/m1/s1. The van der Waals surface area contributed by atoms with E-state index in [-0.39, 0.29) is 17.7 Å². The molecule has 0 unspecified atom stereocenters. The molecule has 0 saturated carbocycles. The van der Waals surface area contributed by atoms with Gasteiger partial charge in [0.2, 0.25) is 11.8 Å². The minimum atomic E-state index is -0.492. The van der Waals surface area contributed by atoms with Gasteiger partial charge in [0.1, 0.15) is 5.00 Å². The van der Waals surface area contributed by atoms with Gasteiger partial charge in [0, 0.05) is 4.88 Å². The predicted octanol–water partition coefficient (Wildman–Crippen LogP) is 2.46. The van der Waals surface area contributed by atoms with Crippen molar-refractivity contribution in [3.8, 4) is 0 Å². The first-order valence-electron chi connectivity index (χ1n) is 8.77. The topological polar surface area (TPSA) is 114 Å². The molecule has 2 amide bonds. The van der Waals surface area contributed by atoms with Crippen molar-refractivity contribution in [2.24, 2.45) is 5.73 Å². The van der Waals surface area contributed by atoms with Gasteiger partial charge in [0.15, 0.2) is 0 Å². The molecule has 1 aliphatic rings. The number of carbonyl (C=O) groups is 2. The van der Waals surface area contributed by atoms with E-state index in [0.29, 0.717) is 21.7 Å². The minimum absolute atomic E-state index is 0.0484. The van der Waals surface area contributed by atoms with E-state index < -0.39 is 5.91 Å². The van der Waals surface area contributed by atoms with Gasteiger partial charge in [-0.15, -0.1) is 21.5 Å². The van der Waals surface area contributed by atoms with Gasteiger partial charge < -0.3 is 15.5 Å². The predicted molar refractivity (Wildman–Crippen MR) is 105 cm³/mol. The zero-order valence-electron chi connectivity index (χ0n) is 15.6. The molecule has 0 fully saturated rings. The molecule has 8 nitrogen and oxygen atoms in total.